The van der Waals surface area contributed by atoms with E-state index in [1.54, 1.807) is 19.1 Å². The van der Waals surface area contributed by atoms with Gasteiger partial charge in [0.1, 0.15) is 5.69 Å². The average Bonchev–Trinajstić information content (AvgIpc) is 2.38. The van der Waals surface area contributed by atoms with Crippen LogP contribution in [0.5, 0.6) is 0 Å². The molecule has 0 unspecified atom stereocenters. The number of hydrogen-bond donors (Lipinski definition) is 1. The van der Waals surface area contributed by atoms with Gasteiger partial charge >= 0.3 is 0 Å². The summed E-state index contributed by atoms with van der Waals surface area (Å²) in [6.07, 6.45) is 2.90. The lowest BCUT2D eigenvalue weighted by atomic mass is 10.1. The molecule has 0 fully saturated rings. The smallest absolute Gasteiger partial charge is 0.292 e. The van der Waals surface area contributed by atoms with E-state index >= 15 is 0 Å². The van der Waals surface area contributed by atoms with Crippen LogP contribution in [0.2, 0.25) is 0 Å². The van der Waals surface area contributed by atoms with Crippen molar-refractivity contribution in [2.24, 2.45) is 0 Å². The molecule has 5 heteroatoms. The van der Waals surface area contributed by atoms with Crippen LogP contribution >= 0.6 is 0 Å². The molecule has 0 radical (unpaired) electrons. The third-order valence-corrected chi connectivity index (χ3v) is 2.99. The van der Waals surface area contributed by atoms with E-state index in [0.29, 0.717) is 11.3 Å². The molecule has 0 heterocycles. The predicted octanol–water partition coefficient (Wildman–Crippen LogP) is 3.05. The Bertz CT molecular complexity index is 458. The molecule has 104 valence electrons. The Morgan fingerprint density at radius 2 is 2.26 bits per heavy atom. The molecular formula is C14H20N2O3. The first-order valence-electron chi connectivity index (χ1n) is 6.25. The molecule has 0 aromatic heterocycles. The number of unbranched alkanes of at least 4 members (excludes halogenated alkanes) is 1. The molecule has 19 heavy (non-hydrogen) atoms. The summed E-state index contributed by atoms with van der Waals surface area (Å²) in [6, 6.07) is 4.84. The highest BCUT2D eigenvalue weighted by atomic mass is 16.6. The maximum Gasteiger partial charge on any atom is 0.292 e. The second-order valence-corrected chi connectivity index (χ2v) is 4.53. The van der Waals surface area contributed by atoms with Gasteiger partial charge < -0.3 is 10.0 Å². The minimum Gasteiger partial charge on any atom is -0.389 e. The number of benzene rings is 1. The van der Waals surface area contributed by atoms with Crippen LogP contribution < -0.4 is 4.90 Å². The van der Waals surface area contributed by atoms with Crippen molar-refractivity contribution < 1.29 is 10.0 Å². The number of allylic oxidation sites excluding steroid dienone is 1. The molecule has 0 aliphatic carbocycles. The van der Waals surface area contributed by atoms with E-state index in [-0.39, 0.29) is 5.69 Å². The molecule has 0 amide bonds. The Labute approximate surface area is 113 Å². The monoisotopic (exact) mass is 264 g/mol. The van der Waals surface area contributed by atoms with E-state index in [1.165, 1.54) is 6.07 Å². The predicted molar refractivity (Wildman–Crippen MR) is 76.4 cm³/mol. The molecule has 1 aromatic carbocycles. The number of anilines is 1. The summed E-state index contributed by atoms with van der Waals surface area (Å²) in [6.45, 7) is 5.97. The van der Waals surface area contributed by atoms with Crippen molar-refractivity contribution >= 4 is 11.4 Å². The quantitative estimate of drug-likeness (QED) is 0.356. The fourth-order valence-corrected chi connectivity index (χ4v) is 1.86. The third kappa shape index (κ3) is 4.06. The van der Waals surface area contributed by atoms with E-state index in [9.17, 15) is 15.2 Å². The molecule has 5 nitrogen and oxygen atoms in total. The SMILES string of the molecule is C=CCCCN(C)c1ccc([C@H](C)O)cc1[N+](=O)[O-]. The highest BCUT2D eigenvalue weighted by Gasteiger charge is 2.18. The summed E-state index contributed by atoms with van der Waals surface area (Å²) in [4.78, 5) is 12.6. The van der Waals surface area contributed by atoms with Crippen molar-refractivity contribution in [3.8, 4) is 0 Å². The van der Waals surface area contributed by atoms with Gasteiger partial charge in [0, 0.05) is 19.7 Å². The molecule has 0 bridgehead atoms. The molecule has 0 spiro atoms. The molecule has 1 atom stereocenters. The fraction of sp³-hybridized carbons (Fsp3) is 0.429. The lowest BCUT2D eigenvalue weighted by Crippen LogP contribution is -2.19. The van der Waals surface area contributed by atoms with E-state index in [1.807, 2.05) is 18.0 Å². The van der Waals surface area contributed by atoms with E-state index in [4.69, 9.17) is 0 Å². The van der Waals surface area contributed by atoms with Crippen molar-refractivity contribution in [1.82, 2.24) is 0 Å². The van der Waals surface area contributed by atoms with Gasteiger partial charge in [-0.15, -0.1) is 6.58 Å². The molecule has 0 saturated carbocycles. The van der Waals surface area contributed by atoms with Crippen LogP contribution in [0.1, 0.15) is 31.4 Å². The lowest BCUT2D eigenvalue weighted by Gasteiger charge is -2.19. The summed E-state index contributed by atoms with van der Waals surface area (Å²) in [5.74, 6) is 0. The average molecular weight is 264 g/mol. The maximum absolute atomic E-state index is 11.1. The van der Waals surface area contributed by atoms with Crippen molar-refractivity contribution in [2.45, 2.75) is 25.9 Å². The van der Waals surface area contributed by atoms with Crippen molar-refractivity contribution in [3.05, 3.63) is 46.5 Å². The second kappa shape index (κ2) is 6.89. The molecule has 1 N–H and O–H groups in total. The van der Waals surface area contributed by atoms with Gasteiger partial charge in [0.25, 0.3) is 5.69 Å². The Hall–Kier alpha value is -1.88. The number of rotatable bonds is 7. The van der Waals surface area contributed by atoms with Crippen LogP contribution in [-0.4, -0.2) is 23.6 Å². The largest absolute Gasteiger partial charge is 0.389 e. The summed E-state index contributed by atoms with van der Waals surface area (Å²) < 4.78 is 0. The lowest BCUT2D eigenvalue weighted by molar-refractivity contribution is -0.384. The van der Waals surface area contributed by atoms with E-state index < -0.39 is 11.0 Å². The molecular weight excluding hydrogens is 244 g/mol. The number of nitro groups is 1. The minimum atomic E-state index is -0.709. The van der Waals surface area contributed by atoms with Crippen LogP contribution in [0.25, 0.3) is 0 Å². The standard InChI is InChI=1S/C14H20N2O3/c1-4-5-6-9-15(3)13-8-7-12(11(2)17)10-14(13)16(18)19/h4,7-8,10-11,17H,1,5-6,9H2,2-3H3/t11-/m0/s1. The zero-order valence-electron chi connectivity index (χ0n) is 11.4. The Morgan fingerprint density at radius 1 is 1.58 bits per heavy atom. The van der Waals surface area contributed by atoms with Gasteiger partial charge in [-0.05, 0) is 31.4 Å². The van der Waals surface area contributed by atoms with Crippen LogP contribution in [0.15, 0.2) is 30.9 Å². The van der Waals surface area contributed by atoms with Gasteiger partial charge in [-0.3, -0.25) is 10.1 Å². The van der Waals surface area contributed by atoms with Crippen LogP contribution in [0.4, 0.5) is 11.4 Å². The normalized spacial score (nSPS) is 11.9. The summed E-state index contributed by atoms with van der Waals surface area (Å²) in [5, 5.41) is 20.6. The summed E-state index contributed by atoms with van der Waals surface area (Å²) in [5.41, 5.74) is 1.15. The molecule has 1 aromatic rings. The van der Waals surface area contributed by atoms with Gasteiger partial charge in [-0.25, -0.2) is 0 Å². The topological polar surface area (TPSA) is 66.6 Å². The first kappa shape index (κ1) is 15.2. The van der Waals surface area contributed by atoms with Crippen LogP contribution in [-0.2, 0) is 0 Å². The van der Waals surface area contributed by atoms with Gasteiger partial charge in [-0.2, -0.15) is 0 Å². The van der Waals surface area contributed by atoms with Crippen molar-refractivity contribution in [2.75, 3.05) is 18.5 Å². The van der Waals surface area contributed by atoms with Gasteiger partial charge in [-0.1, -0.05) is 12.1 Å². The van der Waals surface area contributed by atoms with Crippen molar-refractivity contribution in [3.63, 3.8) is 0 Å². The summed E-state index contributed by atoms with van der Waals surface area (Å²) in [7, 11) is 1.83. The van der Waals surface area contributed by atoms with Crippen LogP contribution in [0.3, 0.4) is 0 Å². The minimum absolute atomic E-state index is 0.0273. The fourth-order valence-electron chi connectivity index (χ4n) is 1.86. The number of nitro benzene ring substituents is 1. The molecule has 1 rings (SSSR count). The molecule has 0 aliphatic rings. The Balaban J connectivity index is 2.99. The molecule has 0 aliphatic heterocycles. The highest BCUT2D eigenvalue weighted by molar-refractivity contribution is 5.64. The van der Waals surface area contributed by atoms with Crippen molar-refractivity contribution in [1.29, 1.82) is 0 Å². The maximum atomic E-state index is 11.1. The zero-order valence-corrected chi connectivity index (χ0v) is 11.4. The first-order chi connectivity index (χ1) is 8.97. The van der Waals surface area contributed by atoms with Gasteiger partial charge in [0.15, 0.2) is 0 Å². The second-order valence-electron chi connectivity index (χ2n) is 4.53. The number of hydrogen-bond acceptors (Lipinski definition) is 4. The number of aliphatic hydroxyl groups is 1. The Morgan fingerprint density at radius 3 is 2.79 bits per heavy atom. The first-order valence-corrected chi connectivity index (χ1v) is 6.25. The highest BCUT2D eigenvalue weighted by Crippen LogP contribution is 2.30. The van der Waals surface area contributed by atoms with Crippen LogP contribution in [0, 0.1) is 10.1 Å². The summed E-state index contributed by atoms with van der Waals surface area (Å²) >= 11 is 0. The molecule has 0 saturated heterocycles. The van der Waals surface area contributed by atoms with Gasteiger partial charge in [0.05, 0.1) is 11.0 Å². The van der Waals surface area contributed by atoms with E-state index in [2.05, 4.69) is 6.58 Å². The van der Waals surface area contributed by atoms with Gasteiger partial charge in [0.2, 0.25) is 0 Å². The van der Waals surface area contributed by atoms with E-state index in [0.717, 1.165) is 19.4 Å². The number of aliphatic hydroxyl groups excluding tert-OH is 1. The Kier molecular flexibility index (Phi) is 5.51. The zero-order chi connectivity index (χ0) is 14.4. The number of nitrogens with zero attached hydrogens (tertiary/aromatic N) is 2. The third-order valence-electron chi connectivity index (χ3n) is 2.99.